The molecular formula is C77H127ClN24O16. The van der Waals surface area contributed by atoms with E-state index in [1.807, 2.05) is 0 Å². The van der Waals surface area contributed by atoms with Crippen molar-refractivity contribution in [3.63, 3.8) is 0 Å². The van der Waals surface area contributed by atoms with Crippen molar-refractivity contribution < 1.29 is 77.0 Å². The average molecular weight is 1680 g/mol. The molecule has 0 aromatic heterocycles. The number of benzene rings is 2. The quantitative estimate of drug-likeness (QED) is 0.0174. The first-order valence-electron chi connectivity index (χ1n) is 39.6. The number of guanidine groups is 3. The van der Waals surface area contributed by atoms with Gasteiger partial charge in [0.05, 0.1) is 19.0 Å². The Morgan fingerprint density at radius 3 is 1.17 bits per heavy atom. The van der Waals surface area contributed by atoms with Crippen molar-refractivity contribution in [3.8, 4) is 0 Å². The van der Waals surface area contributed by atoms with Crippen LogP contribution in [-0.4, -0.2) is 210 Å². The zero-order chi connectivity index (χ0) is 89.1. The SMILES string of the molecule is CC[C@H](C)[C@H](NC(=O)[C@H](CCCN=C(N)N)NC(=O)[C@@H](NC(=O)[C@@H](N)CCCN=C(N)N)[C@@H](C)CC)C(=O)NCC(=O)N[C@@H](CC(C)C)C(=O)N[C@@H](Cc1ccccc1)C(=O)N[C@@H](CC(=O)O)C(=O)N[C@@H](CCC(N)=O)C(=O)N[C@@H](CC(C)C)C(=O)N[C@@H](Cc1ccc(Cl)cc1)C(=O)N[C@@H](CCCN=C(N)N)C(=O)N[C@@H](CC(C)C)C(N)=O. The van der Waals surface area contributed by atoms with E-state index >= 15 is 0 Å². The number of nitrogens with one attached hydrogen (secondary N) is 12. The van der Waals surface area contributed by atoms with Gasteiger partial charge in [0.2, 0.25) is 82.7 Å². The second kappa shape index (κ2) is 53.7. The summed E-state index contributed by atoms with van der Waals surface area (Å²) in [6, 6.07) is -2.93. The van der Waals surface area contributed by atoms with Crippen molar-refractivity contribution in [1.82, 2.24) is 63.8 Å². The average Bonchev–Trinajstić information content (AvgIpc) is 0.853. The third kappa shape index (κ3) is 40.9. The lowest BCUT2D eigenvalue weighted by atomic mass is 9.96. The number of hydrogen-bond donors (Lipinski definition) is 22. The Bertz CT molecular complexity index is 3750. The Balaban J connectivity index is 2.56. The van der Waals surface area contributed by atoms with Crippen molar-refractivity contribution >= 4 is 118 Å². The van der Waals surface area contributed by atoms with E-state index < -0.39 is 199 Å². The number of amides is 14. The molecule has 0 fully saturated rings. The fourth-order valence-electron chi connectivity index (χ4n) is 12.0. The van der Waals surface area contributed by atoms with Crippen molar-refractivity contribution in [1.29, 1.82) is 0 Å². The van der Waals surface area contributed by atoms with Crippen LogP contribution in [-0.2, 0) is 84.8 Å². The molecule has 0 spiro atoms. The van der Waals surface area contributed by atoms with Crippen molar-refractivity contribution in [2.24, 2.45) is 96.2 Å². The summed E-state index contributed by atoms with van der Waals surface area (Å²) in [6.45, 7) is 16.9. The second-order valence-corrected chi connectivity index (χ2v) is 30.9. The molecule has 0 aliphatic heterocycles. The summed E-state index contributed by atoms with van der Waals surface area (Å²) in [5, 5.41) is 41.7. The maximum absolute atomic E-state index is 14.7. The van der Waals surface area contributed by atoms with Crippen LogP contribution in [0, 0.1) is 29.6 Å². The number of carboxylic acid groups (broad SMARTS) is 1. The van der Waals surface area contributed by atoms with E-state index in [1.54, 1.807) is 112 Å². The van der Waals surface area contributed by atoms with Gasteiger partial charge in [-0.05, 0) is 117 Å². The number of primary amides is 2. The van der Waals surface area contributed by atoms with Crippen LogP contribution in [0.2, 0.25) is 5.02 Å². The van der Waals surface area contributed by atoms with Gasteiger partial charge in [-0.25, -0.2) is 0 Å². The Morgan fingerprint density at radius 2 is 0.737 bits per heavy atom. The summed E-state index contributed by atoms with van der Waals surface area (Å²) in [5.74, 6) is -16.9. The van der Waals surface area contributed by atoms with E-state index in [2.05, 4.69) is 78.8 Å². The molecule has 2 rings (SSSR count). The van der Waals surface area contributed by atoms with E-state index in [9.17, 15) is 77.0 Å². The minimum atomic E-state index is -2.04. The molecule has 14 atom stereocenters. The molecule has 14 amide bonds. The standard InChI is InChI=1S/C77H127ClN24O16/c1-11-43(9)61(102-67(111)50(23-18-32-90-77(86)87)95-74(118)62(44(10)12-2)101-64(108)48(79)21-16-30-88-75(82)83)73(117)91-39-59(104)92-53(34-41(5)6)68(112)98-55(36-45-19-14-13-15-20-45)71(115)100-57(38-60(105)106)72(116)94-51(28-29-58(80)103)66(110)97-54(35-42(7)8)69(113)99-56(37-46-24-26-47(78)27-25-46)70(114)93-49(22-17-31-89-76(84)85)65(109)96-52(63(81)107)33-40(3)4/h13-15,19-20,24-27,40-44,48-57,61-62H,11-12,16-18,21-23,28-39,79H2,1-10H3,(H2,80,103)(H2,81,107)(H,91,117)(H,92,104)(H,93,114)(H,94,116)(H,95,118)(H,96,109)(H,97,110)(H,98,112)(H,99,113)(H,100,115)(H,101,108)(H,102,111)(H,105,106)(H4,82,83,88)(H4,84,85,89)(H4,86,87,90)/t43-,44-,48-,49-,50-,51-,52-,53-,54-,55-,56-,57-,61-,62-/m0/s1. The molecule has 0 bridgehead atoms. The topological polar surface area (TPSA) is 692 Å². The number of rotatable bonds is 56. The van der Waals surface area contributed by atoms with Crippen molar-refractivity contribution in [3.05, 3.63) is 70.7 Å². The van der Waals surface area contributed by atoms with Gasteiger partial charge in [0.15, 0.2) is 17.9 Å². The Morgan fingerprint density at radius 1 is 0.390 bits per heavy atom. The number of nitrogens with zero attached hydrogens (tertiary/aromatic N) is 3. The molecule has 0 radical (unpaired) electrons. The molecule has 2 aromatic carbocycles. The highest BCUT2D eigenvalue weighted by molar-refractivity contribution is 6.30. The predicted molar refractivity (Wildman–Crippen MR) is 444 cm³/mol. The molecule has 0 heterocycles. The van der Waals surface area contributed by atoms with E-state index in [1.165, 1.54) is 12.1 Å². The highest BCUT2D eigenvalue weighted by Gasteiger charge is 2.39. The van der Waals surface area contributed by atoms with Crippen LogP contribution < -0.4 is 115 Å². The van der Waals surface area contributed by atoms with Gasteiger partial charge in [0.25, 0.3) is 0 Å². The molecule has 0 aliphatic carbocycles. The number of aliphatic imine (C=N–C) groups is 3. The number of carbonyl (C=O) groups is 15. The molecule has 2 aromatic rings. The third-order valence-corrected chi connectivity index (χ3v) is 19.0. The summed E-state index contributed by atoms with van der Waals surface area (Å²) < 4.78 is 0. The fraction of sp³-hybridized carbons (Fsp3) is 0.610. The van der Waals surface area contributed by atoms with Crippen LogP contribution in [0.25, 0.3) is 0 Å². The first-order valence-corrected chi connectivity index (χ1v) is 39.9. The largest absolute Gasteiger partial charge is 0.481 e. The fourth-order valence-corrected chi connectivity index (χ4v) is 12.1. The number of halogens is 1. The maximum atomic E-state index is 14.7. The van der Waals surface area contributed by atoms with Gasteiger partial charge in [-0.1, -0.05) is 136 Å². The highest BCUT2D eigenvalue weighted by atomic mass is 35.5. The van der Waals surface area contributed by atoms with Gasteiger partial charge < -0.3 is 121 Å². The smallest absolute Gasteiger partial charge is 0.305 e. The summed E-state index contributed by atoms with van der Waals surface area (Å²) in [7, 11) is 0. The lowest BCUT2D eigenvalue weighted by molar-refractivity contribution is -0.141. The van der Waals surface area contributed by atoms with Crippen LogP contribution in [0.3, 0.4) is 0 Å². The van der Waals surface area contributed by atoms with Gasteiger partial charge in [0, 0.05) is 43.9 Å². The number of carbonyl (C=O) groups excluding carboxylic acids is 14. The Hall–Kier alpha value is -11.5. The van der Waals surface area contributed by atoms with Crippen LogP contribution in [0.1, 0.15) is 170 Å². The van der Waals surface area contributed by atoms with Crippen LogP contribution in [0.5, 0.6) is 0 Å². The minimum Gasteiger partial charge on any atom is -0.481 e. The molecule has 0 unspecified atom stereocenters. The lowest BCUT2D eigenvalue weighted by Crippen LogP contribution is -2.61. The van der Waals surface area contributed by atoms with E-state index in [0.29, 0.717) is 35.4 Å². The zero-order valence-electron chi connectivity index (χ0n) is 69.1. The third-order valence-electron chi connectivity index (χ3n) is 18.8. The summed E-state index contributed by atoms with van der Waals surface area (Å²) in [6.07, 6.45) is -1.38. The Kier molecular flexibility index (Phi) is 46.7. The molecule has 40 nitrogen and oxygen atoms in total. The minimum absolute atomic E-state index is 0.0328. The predicted octanol–water partition coefficient (Wildman–Crippen LogP) is -3.48. The second-order valence-electron chi connectivity index (χ2n) is 30.4. The number of aliphatic carboxylic acids is 1. The Labute approximate surface area is 693 Å². The molecule has 0 saturated heterocycles. The number of hydrogen-bond acceptors (Lipinski definition) is 19. The molecule has 31 N–H and O–H groups in total. The normalized spacial score (nSPS) is 14.7. The van der Waals surface area contributed by atoms with Crippen molar-refractivity contribution in [2.45, 2.75) is 244 Å². The zero-order valence-corrected chi connectivity index (χ0v) is 69.9. The maximum Gasteiger partial charge on any atom is 0.305 e. The summed E-state index contributed by atoms with van der Waals surface area (Å²) in [5.41, 5.74) is 51.3. The molecular weight excluding hydrogens is 1550 g/mol. The lowest BCUT2D eigenvalue weighted by Gasteiger charge is -2.29. The van der Waals surface area contributed by atoms with Crippen LogP contribution >= 0.6 is 11.6 Å². The van der Waals surface area contributed by atoms with E-state index in [0.717, 1.165) is 0 Å². The first kappa shape index (κ1) is 103. The summed E-state index contributed by atoms with van der Waals surface area (Å²) >= 11 is 6.20. The van der Waals surface area contributed by atoms with Gasteiger partial charge in [0.1, 0.15) is 66.5 Å². The molecule has 0 saturated carbocycles. The van der Waals surface area contributed by atoms with E-state index in [4.69, 9.17) is 63.2 Å². The van der Waals surface area contributed by atoms with E-state index in [-0.39, 0.29) is 119 Å². The molecule has 41 heteroatoms. The summed E-state index contributed by atoms with van der Waals surface area (Å²) in [4.78, 5) is 221. The number of carboxylic acids is 1. The molecule has 0 aliphatic rings. The first-order chi connectivity index (χ1) is 55.4. The van der Waals surface area contributed by atoms with Crippen molar-refractivity contribution in [2.75, 3.05) is 26.2 Å². The monoisotopic (exact) mass is 1680 g/mol. The van der Waals surface area contributed by atoms with Gasteiger partial charge in [-0.3, -0.25) is 86.9 Å². The van der Waals surface area contributed by atoms with Gasteiger partial charge >= 0.3 is 5.97 Å². The molecule has 658 valence electrons. The highest BCUT2D eigenvalue weighted by Crippen LogP contribution is 2.18. The number of nitrogens with two attached hydrogens (primary N) is 9. The van der Waals surface area contributed by atoms with Gasteiger partial charge in [-0.2, -0.15) is 0 Å². The molecule has 118 heavy (non-hydrogen) atoms. The van der Waals surface area contributed by atoms with Crippen LogP contribution in [0.15, 0.2) is 69.6 Å². The van der Waals surface area contributed by atoms with Gasteiger partial charge in [-0.15, -0.1) is 0 Å². The van der Waals surface area contributed by atoms with Crippen LogP contribution in [0.4, 0.5) is 0 Å².